The lowest BCUT2D eigenvalue weighted by Crippen LogP contribution is -2.49. The fraction of sp³-hybridized carbons (Fsp3) is 0.800. The lowest BCUT2D eigenvalue weighted by atomic mass is 10.1. The van der Waals surface area contributed by atoms with Crippen LogP contribution >= 0.6 is 12.4 Å². The molecule has 5 nitrogen and oxygen atoms in total. The Balaban J connectivity index is 0.00000128. The Kier molecular flexibility index (Phi) is 4.56. The maximum atomic E-state index is 12.0. The van der Waals surface area contributed by atoms with Gasteiger partial charge in [-0.05, 0) is 32.2 Å². The molecule has 3 N–H and O–H groups in total. The van der Waals surface area contributed by atoms with E-state index in [2.05, 4.69) is 5.32 Å². The zero-order valence-electron chi connectivity index (χ0n) is 9.15. The maximum Gasteiger partial charge on any atom is 0.240 e. The van der Waals surface area contributed by atoms with Gasteiger partial charge in [0.05, 0.1) is 6.04 Å². The second-order valence-corrected chi connectivity index (χ2v) is 4.24. The van der Waals surface area contributed by atoms with Gasteiger partial charge in [-0.1, -0.05) is 0 Å². The summed E-state index contributed by atoms with van der Waals surface area (Å²) in [4.78, 5) is 24.8. The SMILES string of the molecule is Cl.NC(=O)C1CCCN1C(=O)[C@@H]1CCCN1. The minimum Gasteiger partial charge on any atom is -0.368 e. The van der Waals surface area contributed by atoms with E-state index in [1.165, 1.54) is 0 Å². The standard InChI is InChI=1S/C10H17N3O2.ClH/c11-9(14)8-4-2-6-13(8)10(15)7-3-1-5-12-7;/h7-8,12H,1-6H2,(H2,11,14);1H/t7-,8?;/m0./s1. The van der Waals surface area contributed by atoms with E-state index in [-0.39, 0.29) is 36.3 Å². The Morgan fingerprint density at radius 2 is 2.00 bits per heavy atom. The van der Waals surface area contributed by atoms with E-state index in [0.717, 1.165) is 25.8 Å². The van der Waals surface area contributed by atoms with Crippen molar-refractivity contribution in [2.75, 3.05) is 13.1 Å². The second kappa shape index (κ2) is 5.50. The molecule has 2 amide bonds. The minimum atomic E-state index is -0.376. The van der Waals surface area contributed by atoms with Crippen LogP contribution in [0.4, 0.5) is 0 Å². The number of carbonyl (C=O) groups excluding carboxylic acids is 2. The number of hydrogen-bond acceptors (Lipinski definition) is 3. The van der Waals surface area contributed by atoms with Crippen molar-refractivity contribution in [1.29, 1.82) is 0 Å². The van der Waals surface area contributed by atoms with Gasteiger partial charge in [0.15, 0.2) is 0 Å². The van der Waals surface area contributed by atoms with Crippen molar-refractivity contribution in [3.05, 3.63) is 0 Å². The molecule has 2 rings (SSSR count). The summed E-state index contributed by atoms with van der Waals surface area (Å²) in [5, 5.41) is 3.15. The molecule has 6 heteroatoms. The molecule has 16 heavy (non-hydrogen) atoms. The van der Waals surface area contributed by atoms with E-state index in [9.17, 15) is 9.59 Å². The third kappa shape index (κ3) is 2.47. The molecule has 0 radical (unpaired) electrons. The number of nitrogens with zero attached hydrogens (tertiary/aromatic N) is 1. The van der Waals surface area contributed by atoms with Gasteiger partial charge in [0.25, 0.3) is 0 Å². The summed E-state index contributed by atoms with van der Waals surface area (Å²) in [5.74, 6) is -0.326. The molecule has 0 aromatic carbocycles. The topological polar surface area (TPSA) is 75.4 Å². The number of nitrogens with one attached hydrogen (secondary N) is 1. The molecule has 2 aliphatic rings. The fourth-order valence-electron chi connectivity index (χ4n) is 2.42. The summed E-state index contributed by atoms with van der Waals surface area (Å²) >= 11 is 0. The van der Waals surface area contributed by atoms with Crippen molar-refractivity contribution in [2.24, 2.45) is 5.73 Å². The molecule has 0 aromatic heterocycles. The smallest absolute Gasteiger partial charge is 0.240 e. The predicted molar refractivity (Wildman–Crippen MR) is 62.2 cm³/mol. The Morgan fingerprint density at radius 3 is 2.56 bits per heavy atom. The third-order valence-electron chi connectivity index (χ3n) is 3.22. The van der Waals surface area contributed by atoms with Crippen molar-refractivity contribution >= 4 is 24.2 Å². The van der Waals surface area contributed by atoms with Crippen molar-refractivity contribution < 1.29 is 9.59 Å². The molecule has 2 atom stereocenters. The number of likely N-dealkylation sites (tertiary alicyclic amines) is 1. The highest BCUT2D eigenvalue weighted by Crippen LogP contribution is 2.20. The molecule has 92 valence electrons. The van der Waals surface area contributed by atoms with Crippen molar-refractivity contribution in [1.82, 2.24) is 10.2 Å². The number of carbonyl (C=O) groups is 2. The molecule has 0 spiro atoms. The predicted octanol–water partition coefficient (Wildman–Crippen LogP) is -0.364. The van der Waals surface area contributed by atoms with E-state index >= 15 is 0 Å². The average molecular weight is 248 g/mol. The summed E-state index contributed by atoms with van der Waals surface area (Å²) in [6.07, 6.45) is 3.51. The van der Waals surface area contributed by atoms with Crippen LogP contribution in [-0.4, -0.2) is 41.9 Å². The first-order chi connectivity index (χ1) is 7.20. The van der Waals surface area contributed by atoms with Crippen LogP contribution in [0.15, 0.2) is 0 Å². The molecule has 2 heterocycles. The number of amides is 2. The third-order valence-corrected chi connectivity index (χ3v) is 3.22. The number of nitrogens with two attached hydrogens (primary N) is 1. The Morgan fingerprint density at radius 1 is 1.25 bits per heavy atom. The van der Waals surface area contributed by atoms with Gasteiger partial charge in [-0.2, -0.15) is 0 Å². The molecule has 1 unspecified atom stereocenters. The first-order valence-corrected chi connectivity index (χ1v) is 5.53. The van der Waals surface area contributed by atoms with Gasteiger partial charge >= 0.3 is 0 Å². The van der Waals surface area contributed by atoms with Crippen LogP contribution in [0.1, 0.15) is 25.7 Å². The van der Waals surface area contributed by atoms with Crippen LogP contribution in [0, 0.1) is 0 Å². The summed E-state index contributed by atoms with van der Waals surface area (Å²) in [6, 6.07) is -0.468. The number of rotatable bonds is 2. The second-order valence-electron chi connectivity index (χ2n) is 4.24. The highest BCUT2D eigenvalue weighted by Gasteiger charge is 2.36. The van der Waals surface area contributed by atoms with Crippen molar-refractivity contribution in [3.63, 3.8) is 0 Å². The highest BCUT2D eigenvalue weighted by molar-refractivity contribution is 5.89. The Labute approximate surface area is 101 Å². The monoisotopic (exact) mass is 247 g/mol. The van der Waals surface area contributed by atoms with E-state index in [1.807, 2.05) is 0 Å². The molecular formula is C10H18ClN3O2. The number of primary amides is 1. The van der Waals surface area contributed by atoms with Gasteiger partial charge in [-0.3, -0.25) is 9.59 Å². The van der Waals surface area contributed by atoms with E-state index in [1.54, 1.807) is 4.90 Å². The van der Waals surface area contributed by atoms with E-state index < -0.39 is 0 Å². The van der Waals surface area contributed by atoms with Crippen molar-refractivity contribution in [3.8, 4) is 0 Å². The molecule has 0 aliphatic carbocycles. The summed E-state index contributed by atoms with van der Waals surface area (Å²) < 4.78 is 0. The molecule has 0 saturated carbocycles. The van der Waals surface area contributed by atoms with E-state index in [0.29, 0.717) is 13.0 Å². The Bertz CT molecular complexity index is 279. The lowest BCUT2D eigenvalue weighted by molar-refractivity contribution is -0.138. The van der Waals surface area contributed by atoms with Gasteiger partial charge in [0.1, 0.15) is 6.04 Å². The van der Waals surface area contributed by atoms with Gasteiger partial charge in [-0.25, -0.2) is 0 Å². The zero-order valence-corrected chi connectivity index (χ0v) is 9.96. The molecule has 0 aromatic rings. The minimum absolute atomic E-state index is 0. The van der Waals surface area contributed by atoms with Crippen LogP contribution in [0.5, 0.6) is 0 Å². The number of hydrogen-bond donors (Lipinski definition) is 2. The fourth-order valence-corrected chi connectivity index (χ4v) is 2.42. The highest BCUT2D eigenvalue weighted by atomic mass is 35.5. The van der Waals surface area contributed by atoms with Crippen LogP contribution < -0.4 is 11.1 Å². The molecule has 0 bridgehead atoms. The van der Waals surface area contributed by atoms with E-state index in [4.69, 9.17) is 5.73 Å². The zero-order chi connectivity index (χ0) is 10.8. The van der Waals surface area contributed by atoms with Gasteiger partial charge in [0.2, 0.25) is 11.8 Å². The van der Waals surface area contributed by atoms with Crippen LogP contribution in [0.3, 0.4) is 0 Å². The van der Waals surface area contributed by atoms with Crippen LogP contribution in [-0.2, 0) is 9.59 Å². The molecule has 2 fully saturated rings. The first kappa shape index (κ1) is 13.3. The van der Waals surface area contributed by atoms with Gasteiger partial charge in [0, 0.05) is 6.54 Å². The Hall–Kier alpha value is -0.810. The van der Waals surface area contributed by atoms with Gasteiger partial charge < -0.3 is 16.0 Å². The normalized spacial score (nSPS) is 28.9. The maximum absolute atomic E-state index is 12.0. The summed E-state index contributed by atoms with van der Waals surface area (Å²) in [7, 11) is 0. The summed E-state index contributed by atoms with van der Waals surface area (Å²) in [5.41, 5.74) is 5.27. The molecular weight excluding hydrogens is 230 g/mol. The molecule has 2 saturated heterocycles. The van der Waals surface area contributed by atoms with Crippen molar-refractivity contribution in [2.45, 2.75) is 37.8 Å². The number of halogens is 1. The van der Waals surface area contributed by atoms with Crippen LogP contribution in [0.25, 0.3) is 0 Å². The quantitative estimate of drug-likeness (QED) is 0.700. The van der Waals surface area contributed by atoms with Crippen LogP contribution in [0.2, 0.25) is 0 Å². The first-order valence-electron chi connectivity index (χ1n) is 5.53. The lowest BCUT2D eigenvalue weighted by Gasteiger charge is -2.25. The average Bonchev–Trinajstić information content (AvgIpc) is 2.88. The molecule has 2 aliphatic heterocycles. The van der Waals surface area contributed by atoms with Gasteiger partial charge in [-0.15, -0.1) is 12.4 Å². The largest absolute Gasteiger partial charge is 0.368 e. The summed E-state index contributed by atoms with van der Waals surface area (Å²) in [6.45, 7) is 1.57.